The molecular formula is C33H42BrN3O7. The molecule has 1 spiro atoms. The van der Waals surface area contributed by atoms with Crippen LogP contribution in [0, 0.1) is 17.8 Å². The van der Waals surface area contributed by atoms with Gasteiger partial charge in [0.25, 0.3) is 0 Å². The Balaban J connectivity index is 1.62. The first-order valence-electron chi connectivity index (χ1n) is 15.5. The summed E-state index contributed by atoms with van der Waals surface area (Å²) >= 11 is 3.59. The van der Waals surface area contributed by atoms with E-state index in [-0.39, 0.29) is 50.0 Å². The molecule has 0 aliphatic carbocycles. The molecule has 44 heavy (non-hydrogen) atoms. The number of aliphatic hydroxyl groups excluding tert-OH is 1. The van der Waals surface area contributed by atoms with Crippen molar-refractivity contribution >= 4 is 39.6 Å². The van der Waals surface area contributed by atoms with Crippen LogP contribution in [0.1, 0.15) is 58.6 Å². The molecule has 2 saturated heterocycles. The Labute approximate surface area is 266 Å². The van der Waals surface area contributed by atoms with E-state index in [0.717, 1.165) is 5.56 Å². The van der Waals surface area contributed by atoms with Crippen LogP contribution in [0.2, 0.25) is 0 Å². The zero-order valence-corrected chi connectivity index (χ0v) is 27.2. The van der Waals surface area contributed by atoms with Gasteiger partial charge in [0, 0.05) is 23.5 Å². The topological polar surface area (TPSA) is 125 Å². The Bertz CT molecular complexity index is 1330. The number of nitrogens with zero attached hydrogens (tertiary/aromatic N) is 2. The molecule has 5 bridgehead atoms. The number of carbonyl (C=O) groups excluding carboxylic acids is 4. The average molecular weight is 673 g/mol. The highest BCUT2D eigenvalue weighted by molar-refractivity contribution is 9.11. The van der Waals surface area contributed by atoms with Crippen molar-refractivity contribution in [3.05, 3.63) is 58.6 Å². The summed E-state index contributed by atoms with van der Waals surface area (Å²) in [6, 6.07) is 6.62. The van der Waals surface area contributed by atoms with E-state index in [4.69, 9.17) is 9.47 Å². The second-order valence-corrected chi connectivity index (χ2v) is 13.7. The van der Waals surface area contributed by atoms with Crippen LogP contribution in [0.25, 0.3) is 0 Å². The van der Waals surface area contributed by atoms with E-state index in [1.54, 1.807) is 11.0 Å². The van der Waals surface area contributed by atoms with Crippen LogP contribution in [-0.2, 0) is 28.7 Å². The first kappa shape index (κ1) is 32.4. The molecule has 1 aromatic carbocycles. The number of carbonyl (C=O) groups is 4. The maximum absolute atomic E-state index is 14.6. The van der Waals surface area contributed by atoms with Gasteiger partial charge in [0.1, 0.15) is 24.4 Å². The summed E-state index contributed by atoms with van der Waals surface area (Å²) in [4.78, 5) is 59.2. The molecule has 238 valence electrons. The number of benzene rings is 1. The third kappa shape index (κ3) is 5.86. The van der Waals surface area contributed by atoms with Gasteiger partial charge in [-0.05, 0) is 44.2 Å². The molecule has 0 radical (unpaired) electrons. The number of ether oxygens (including phenoxy) is 2. The number of amides is 3. The minimum Gasteiger partial charge on any atom is -0.463 e. The van der Waals surface area contributed by atoms with Crippen molar-refractivity contribution < 1.29 is 33.8 Å². The van der Waals surface area contributed by atoms with E-state index in [9.17, 15) is 24.3 Å². The molecule has 7 atom stereocenters. The van der Waals surface area contributed by atoms with E-state index < -0.39 is 53.5 Å². The average Bonchev–Trinajstić information content (AvgIpc) is 3.58. The van der Waals surface area contributed by atoms with Crippen molar-refractivity contribution in [3.8, 4) is 0 Å². The molecule has 5 rings (SSSR count). The van der Waals surface area contributed by atoms with E-state index in [0.29, 0.717) is 17.3 Å². The SMILES string of the molecule is CC(C)C[C@H](CO)N1C(=O)[C@H]2[C@@H]3C(=O)N[C@H](c4ccccc4)COC(=O)CC/C=C\CN(C(C)C)C(=O)[C@H]1[C@@]21C=C(Br)[C@@H]3O1. The summed E-state index contributed by atoms with van der Waals surface area (Å²) in [6.45, 7) is 7.65. The Hall–Kier alpha value is -3.02. The number of cyclic esters (lactones) is 1. The number of halogens is 1. The monoisotopic (exact) mass is 671 g/mol. The van der Waals surface area contributed by atoms with Gasteiger partial charge in [-0.15, -0.1) is 0 Å². The first-order valence-corrected chi connectivity index (χ1v) is 16.2. The van der Waals surface area contributed by atoms with Crippen LogP contribution in [0.5, 0.6) is 0 Å². The Morgan fingerprint density at radius 1 is 1.07 bits per heavy atom. The molecule has 4 aliphatic heterocycles. The van der Waals surface area contributed by atoms with Crippen LogP contribution in [-0.4, -0.2) is 88.2 Å². The number of rotatable bonds is 6. The van der Waals surface area contributed by atoms with E-state index >= 15 is 0 Å². The fraction of sp³-hybridized carbons (Fsp3) is 0.576. The molecule has 3 amide bonds. The molecule has 2 fully saturated rings. The highest BCUT2D eigenvalue weighted by atomic mass is 79.9. The number of allylic oxidation sites excluding steroid dienone is 1. The van der Waals surface area contributed by atoms with Crippen molar-refractivity contribution in [2.45, 2.75) is 82.8 Å². The molecular weight excluding hydrogens is 630 g/mol. The fourth-order valence-corrected chi connectivity index (χ4v) is 7.83. The van der Waals surface area contributed by atoms with E-state index in [1.807, 2.05) is 70.2 Å². The minimum absolute atomic E-state index is 0.0767. The maximum atomic E-state index is 14.6. The van der Waals surface area contributed by atoms with Crippen LogP contribution in [0.15, 0.2) is 53.0 Å². The third-order valence-electron chi connectivity index (χ3n) is 9.07. The van der Waals surface area contributed by atoms with Gasteiger partial charge in [0.2, 0.25) is 17.7 Å². The van der Waals surface area contributed by atoms with Crippen molar-refractivity contribution in [2.75, 3.05) is 19.8 Å². The van der Waals surface area contributed by atoms with Crippen molar-refractivity contribution in [3.63, 3.8) is 0 Å². The van der Waals surface area contributed by atoms with Gasteiger partial charge in [-0.1, -0.05) is 72.3 Å². The quantitative estimate of drug-likeness (QED) is 0.351. The Morgan fingerprint density at radius 3 is 2.45 bits per heavy atom. The van der Waals surface area contributed by atoms with Gasteiger partial charge < -0.3 is 29.7 Å². The fourth-order valence-electron chi connectivity index (χ4n) is 7.09. The number of hydrogen-bond donors (Lipinski definition) is 2. The lowest BCUT2D eigenvalue weighted by Crippen LogP contribution is -2.59. The highest BCUT2D eigenvalue weighted by Gasteiger charge is 2.75. The lowest BCUT2D eigenvalue weighted by molar-refractivity contribution is -0.152. The minimum atomic E-state index is -1.40. The molecule has 10 nitrogen and oxygen atoms in total. The van der Waals surface area contributed by atoms with Gasteiger partial charge in [0.15, 0.2) is 0 Å². The van der Waals surface area contributed by atoms with Gasteiger partial charge in [0.05, 0.1) is 30.5 Å². The number of hydrogen-bond acceptors (Lipinski definition) is 7. The number of aliphatic hydroxyl groups is 1. The number of likely N-dealkylation sites (tertiary alicyclic amines) is 1. The van der Waals surface area contributed by atoms with E-state index in [2.05, 4.69) is 21.2 Å². The maximum Gasteiger partial charge on any atom is 0.306 e. The van der Waals surface area contributed by atoms with Crippen LogP contribution >= 0.6 is 15.9 Å². The number of fused-ring (bicyclic) bond motifs is 2. The summed E-state index contributed by atoms with van der Waals surface area (Å²) in [7, 11) is 0. The lowest BCUT2D eigenvalue weighted by atomic mass is 9.74. The normalized spacial score (nSPS) is 32.5. The van der Waals surface area contributed by atoms with Crippen molar-refractivity contribution in [2.24, 2.45) is 17.8 Å². The second kappa shape index (κ2) is 13.1. The Kier molecular flexibility index (Phi) is 9.67. The summed E-state index contributed by atoms with van der Waals surface area (Å²) in [5.74, 6) is -3.33. The van der Waals surface area contributed by atoms with Crippen LogP contribution in [0.3, 0.4) is 0 Å². The molecule has 0 saturated carbocycles. The van der Waals surface area contributed by atoms with Crippen LogP contribution in [0.4, 0.5) is 0 Å². The van der Waals surface area contributed by atoms with E-state index in [1.165, 1.54) is 4.90 Å². The summed E-state index contributed by atoms with van der Waals surface area (Å²) in [6.07, 6.45) is 5.75. The molecule has 1 aromatic rings. The predicted molar refractivity (Wildman–Crippen MR) is 166 cm³/mol. The molecule has 0 aromatic heterocycles. The molecule has 2 N–H and O–H groups in total. The smallest absolute Gasteiger partial charge is 0.306 e. The first-order chi connectivity index (χ1) is 21.0. The molecule has 4 heterocycles. The highest BCUT2D eigenvalue weighted by Crippen LogP contribution is 2.59. The zero-order valence-electron chi connectivity index (χ0n) is 25.6. The molecule has 4 aliphatic rings. The Morgan fingerprint density at radius 2 is 1.80 bits per heavy atom. The van der Waals surface area contributed by atoms with Crippen LogP contribution < -0.4 is 5.32 Å². The van der Waals surface area contributed by atoms with Gasteiger partial charge in [-0.2, -0.15) is 0 Å². The predicted octanol–water partition coefficient (Wildman–Crippen LogP) is 3.25. The third-order valence-corrected chi connectivity index (χ3v) is 9.75. The molecule has 11 heteroatoms. The summed E-state index contributed by atoms with van der Waals surface area (Å²) < 4.78 is 12.8. The standard InChI is InChI=1S/C33H42BrN3O7/c1-19(2)15-22(17-38)37-29-32(42)36(20(3)4)14-10-6-9-13-25(39)43-18-24(21-11-7-5-8-12-21)35-30(40)26-27(31(37)41)33(29)16-23(34)28(26)44-33/h5-8,10-12,16,19-20,22,24,26-29,38H,9,13-15,17-18H2,1-4H3,(H,35,40)/b10-6-/t22-,24+,26+,27-,28+,29+,33-/m1/s1. The van der Waals surface area contributed by atoms with Gasteiger partial charge in [-0.25, -0.2) is 0 Å². The number of nitrogens with one attached hydrogen (secondary N) is 1. The summed E-state index contributed by atoms with van der Waals surface area (Å²) in [5, 5.41) is 13.6. The zero-order chi connectivity index (χ0) is 31.8. The van der Waals surface area contributed by atoms with Crippen molar-refractivity contribution in [1.82, 2.24) is 15.1 Å². The summed E-state index contributed by atoms with van der Waals surface area (Å²) in [5.41, 5.74) is -0.652. The van der Waals surface area contributed by atoms with Gasteiger partial charge >= 0.3 is 5.97 Å². The van der Waals surface area contributed by atoms with Gasteiger partial charge in [-0.3, -0.25) is 19.2 Å². The second-order valence-electron chi connectivity index (χ2n) is 12.8. The lowest BCUT2D eigenvalue weighted by Gasteiger charge is -2.40. The molecule has 0 unspecified atom stereocenters. The number of esters is 1. The van der Waals surface area contributed by atoms with Crippen molar-refractivity contribution in [1.29, 1.82) is 0 Å². The largest absolute Gasteiger partial charge is 0.463 e.